The van der Waals surface area contributed by atoms with Gasteiger partial charge in [-0.05, 0) is 19.9 Å². The van der Waals surface area contributed by atoms with E-state index < -0.39 is 11.3 Å². The summed E-state index contributed by atoms with van der Waals surface area (Å²) < 4.78 is 1.97. The fraction of sp³-hybridized carbons (Fsp3) is 0.294. The van der Waals surface area contributed by atoms with Crippen molar-refractivity contribution < 1.29 is 9.59 Å². The molecule has 0 saturated heterocycles. The van der Waals surface area contributed by atoms with Crippen molar-refractivity contribution in [3.63, 3.8) is 0 Å². The lowest BCUT2D eigenvalue weighted by molar-refractivity contribution is -0.125. The molecule has 3 N–H and O–H groups in total. The number of nitrogens with two attached hydrogens (primary N) is 1. The Morgan fingerprint density at radius 3 is 2.68 bits per heavy atom. The van der Waals surface area contributed by atoms with Crippen LogP contribution in [-0.4, -0.2) is 22.9 Å². The van der Waals surface area contributed by atoms with Gasteiger partial charge in [-0.15, -0.1) is 6.58 Å². The number of hydrogen-bond donors (Lipinski definition) is 2. The molecule has 1 aromatic heterocycles. The number of para-hydroxylation sites is 1. The normalized spacial score (nSPS) is 11.4. The van der Waals surface area contributed by atoms with Crippen molar-refractivity contribution in [2.24, 2.45) is 11.1 Å². The molecule has 2 amide bonds. The zero-order chi connectivity index (χ0) is 16.3. The Morgan fingerprint density at radius 2 is 2.05 bits per heavy atom. The van der Waals surface area contributed by atoms with Crippen molar-refractivity contribution in [2.75, 3.05) is 6.54 Å². The van der Waals surface area contributed by atoms with Gasteiger partial charge in [0.2, 0.25) is 5.91 Å². The van der Waals surface area contributed by atoms with E-state index in [1.54, 1.807) is 26.1 Å². The van der Waals surface area contributed by atoms with Crippen LogP contribution in [0.2, 0.25) is 0 Å². The van der Waals surface area contributed by atoms with Crippen molar-refractivity contribution in [1.29, 1.82) is 0 Å². The number of hydrogen-bond acceptors (Lipinski definition) is 2. The molecule has 1 heterocycles. The second kappa shape index (κ2) is 6.05. The molecule has 0 atom stereocenters. The number of primary amides is 1. The largest absolute Gasteiger partial charge is 0.369 e. The monoisotopic (exact) mass is 299 g/mol. The maximum atomic E-state index is 12.4. The summed E-state index contributed by atoms with van der Waals surface area (Å²) in [4.78, 5) is 23.8. The van der Waals surface area contributed by atoms with Crippen LogP contribution in [0.25, 0.3) is 10.9 Å². The molecule has 2 rings (SSSR count). The maximum absolute atomic E-state index is 12.4. The van der Waals surface area contributed by atoms with Crippen LogP contribution < -0.4 is 11.1 Å². The first-order valence-corrected chi connectivity index (χ1v) is 7.13. The van der Waals surface area contributed by atoms with Crippen molar-refractivity contribution in [3.8, 4) is 0 Å². The molecule has 0 saturated carbocycles. The number of benzene rings is 1. The third kappa shape index (κ3) is 3.03. The summed E-state index contributed by atoms with van der Waals surface area (Å²) in [6.45, 7) is 7.96. The van der Waals surface area contributed by atoms with Crippen LogP contribution in [0.5, 0.6) is 0 Å². The standard InChI is InChI=1S/C17H21N3O2/c1-4-9-20-10-13(12-7-5-6-8-14(12)20)15(21)19-11-17(2,3)16(18)22/h4-8,10H,1,9,11H2,2-3H3,(H2,18,22)(H,19,21). The minimum atomic E-state index is -0.783. The van der Waals surface area contributed by atoms with E-state index in [1.807, 2.05) is 28.8 Å². The highest BCUT2D eigenvalue weighted by atomic mass is 16.2. The Morgan fingerprint density at radius 1 is 1.36 bits per heavy atom. The summed E-state index contributed by atoms with van der Waals surface area (Å²) in [5.41, 5.74) is 6.10. The molecule has 0 aliphatic rings. The Balaban J connectivity index is 2.28. The molecule has 0 unspecified atom stereocenters. The second-order valence-corrected chi connectivity index (χ2v) is 5.93. The smallest absolute Gasteiger partial charge is 0.253 e. The molecule has 0 spiro atoms. The fourth-order valence-corrected chi connectivity index (χ4v) is 2.20. The van der Waals surface area contributed by atoms with Crippen LogP contribution in [0, 0.1) is 5.41 Å². The number of aromatic nitrogens is 1. The van der Waals surface area contributed by atoms with Gasteiger partial charge >= 0.3 is 0 Å². The Kier molecular flexibility index (Phi) is 4.35. The molecule has 0 bridgehead atoms. The van der Waals surface area contributed by atoms with E-state index in [0.29, 0.717) is 12.1 Å². The minimum Gasteiger partial charge on any atom is -0.369 e. The topological polar surface area (TPSA) is 77.1 Å². The molecule has 22 heavy (non-hydrogen) atoms. The summed E-state index contributed by atoms with van der Waals surface area (Å²) in [6.07, 6.45) is 3.59. The van der Waals surface area contributed by atoms with Gasteiger partial charge in [-0.1, -0.05) is 24.3 Å². The third-order valence-electron chi connectivity index (χ3n) is 3.72. The number of amides is 2. The zero-order valence-corrected chi connectivity index (χ0v) is 12.9. The molecule has 1 aromatic carbocycles. The number of rotatable bonds is 6. The summed E-state index contributed by atoms with van der Waals surface area (Å²) in [7, 11) is 0. The highest BCUT2D eigenvalue weighted by Gasteiger charge is 2.26. The molecule has 0 fully saturated rings. The molecule has 5 heteroatoms. The molecule has 0 radical (unpaired) electrons. The van der Waals surface area contributed by atoms with Crippen LogP contribution in [0.4, 0.5) is 0 Å². The van der Waals surface area contributed by atoms with Gasteiger partial charge in [0.25, 0.3) is 5.91 Å². The lowest BCUT2D eigenvalue weighted by Crippen LogP contribution is -2.42. The molecular weight excluding hydrogens is 278 g/mol. The number of nitrogens with one attached hydrogen (secondary N) is 1. The molecular formula is C17H21N3O2. The van der Waals surface area contributed by atoms with Crippen molar-refractivity contribution in [3.05, 3.63) is 48.7 Å². The van der Waals surface area contributed by atoms with Crippen LogP contribution in [-0.2, 0) is 11.3 Å². The van der Waals surface area contributed by atoms with E-state index in [4.69, 9.17) is 5.73 Å². The van der Waals surface area contributed by atoms with E-state index in [-0.39, 0.29) is 12.5 Å². The van der Waals surface area contributed by atoms with Crippen molar-refractivity contribution >= 4 is 22.7 Å². The van der Waals surface area contributed by atoms with E-state index in [2.05, 4.69) is 11.9 Å². The highest BCUT2D eigenvalue weighted by molar-refractivity contribution is 6.07. The fourth-order valence-electron chi connectivity index (χ4n) is 2.20. The number of allylic oxidation sites excluding steroid dienone is 1. The average Bonchev–Trinajstić information content (AvgIpc) is 2.84. The molecule has 116 valence electrons. The molecule has 2 aromatic rings. The number of carbonyl (C=O) groups excluding carboxylic acids is 2. The first-order valence-electron chi connectivity index (χ1n) is 7.13. The number of nitrogens with zero attached hydrogens (tertiary/aromatic N) is 1. The first-order chi connectivity index (χ1) is 10.4. The minimum absolute atomic E-state index is 0.197. The molecule has 5 nitrogen and oxygen atoms in total. The second-order valence-electron chi connectivity index (χ2n) is 5.93. The van der Waals surface area contributed by atoms with Gasteiger partial charge in [0, 0.05) is 30.2 Å². The summed E-state index contributed by atoms with van der Waals surface area (Å²) in [5.74, 6) is -0.657. The Bertz CT molecular complexity index is 729. The Hall–Kier alpha value is -2.56. The summed E-state index contributed by atoms with van der Waals surface area (Å²) in [6, 6.07) is 7.69. The SMILES string of the molecule is C=CCn1cc(C(=O)NCC(C)(C)C(N)=O)c2ccccc21. The summed E-state index contributed by atoms with van der Waals surface area (Å²) in [5, 5.41) is 3.66. The van der Waals surface area contributed by atoms with Crippen molar-refractivity contribution in [2.45, 2.75) is 20.4 Å². The van der Waals surface area contributed by atoms with Gasteiger partial charge in [0.15, 0.2) is 0 Å². The number of carbonyl (C=O) groups is 2. The molecule has 0 aliphatic heterocycles. The van der Waals surface area contributed by atoms with Crippen LogP contribution in [0.3, 0.4) is 0 Å². The van der Waals surface area contributed by atoms with Gasteiger partial charge in [0.05, 0.1) is 11.0 Å². The number of fused-ring (bicyclic) bond motifs is 1. The molecule has 0 aliphatic carbocycles. The maximum Gasteiger partial charge on any atom is 0.253 e. The van der Waals surface area contributed by atoms with Gasteiger partial charge < -0.3 is 15.6 Å². The quantitative estimate of drug-likeness (QED) is 0.801. The first kappa shape index (κ1) is 15.8. The van der Waals surface area contributed by atoms with Gasteiger partial charge in [-0.25, -0.2) is 0 Å². The average molecular weight is 299 g/mol. The lowest BCUT2D eigenvalue weighted by atomic mass is 9.92. The van der Waals surface area contributed by atoms with Crippen molar-refractivity contribution in [1.82, 2.24) is 9.88 Å². The van der Waals surface area contributed by atoms with Gasteiger partial charge in [-0.3, -0.25) is 9.59 Å². The highest BCUT2D eigenvalue weighted by Crippen LogP contribution is 2.22. The van der Waals surface area contributed by atoms with E-state index in [9.17, 15) is 9.59 Å². The van der Waals surface area contributed by atoms with E-state index in [1.165, 1.54) is 0 Å². The summed E-state index contributed by atoms with van der Waals surface area (Å²) >= 11 is 0. The van der Waals surface area contributed by atoms with Crippen LogP contribution >= 0.6 is 0 Å². The van der Waals surface area contributed by atoms with Gasteiger partial charge in [-0.2, -0.15) is 0 Å². The zero-order valence-electron chi connectivity index (χ0n) is 12.9. The van der Waals surface area contributed by atoms with E-state index >= 15 is 0 Å². The predicted molar refractivity (Wildman–Crippen MR) is 87.4 cm³/mol. The lowest BCUT2D eigenvalue weighted by Gasteiger charge is -2.20. The Labute approximate surface area is 129 Å². The predicted octanol–water partition coefficient (Wildman–Crippen LogP) is 2.07. The third-order valence-corrected chi connectivity index (χ3v) is 3.72. The van der Waals surface area contributed by atoms with Crippen LogP contribution in [0.15, 0.2) is 43.1 Å². The van der Waals surface area contributed by atoms with Gasteiger partial charge in [0.1, 0.15) is 0 Å². The van der Waals surface area contributed by atoms with E-state index in [0.717, 1.165) is 10.9 Å². The van der Waals surface area contributed by atoms with Crippen LogP contribution in [0.1, 0.15) is 24.2 Å².